The van der Waals surface area contributed by atoms with Crippen molar-refractivity contribution in [1.29, 1.82) is 0 Å². The number of hydrogen-bond acceptors (Lipinski definition) is 5. The average Bonchev–Trinajstić information content (AvgIpc) is 2.97. The molecule has 0 aliphatic carbocycles. The highest BCUT2D eigenvalue weighted by atomic mass is 16.4. The number of piperidine rings is 2. The third-order valence-corrected chi connectivity index (χ3v) is 5.34. The van der Waals surface area contributed by atoms with Gasteiger partial charge in [-0.2, -0.15) is 0 Å². The van der Waals surface area contributed by atoms with E-state index >= 15 is 0 Å². The first-order chi connectivity index (χ1) is 11.6. The Morgan fingerprint density at radius 2 is 2.04 bits per heavy atom. The summed E-state index contributed by atoms with van der Waals surface area (Å²) < 4.78 is 5.58. The summed E-state index contributed by atoms with van der Waals surface area (Å²) in [4.78, 5) is 21.8. The number of nitrogens with one attached hydrogen (secondary N) is 1. The van der Waals surface area contributed by atoms with E-state index in [0.717, 1.165) is 25.9 Å². The summed E-state index contributed by atoms with van der Waals surface area (Å²) in [7, 11) is 2.19. The molecule has 2 saturated heterocycles. The predicted molar refractivity (Wildman–Crippen MR) is 93.2 cm³/mol. The Bertz CT molecular complexity index is 563. The topological polar surface area (TPSA) is 61.6 Å². The van der Waals surface area contributed by atoms with E-state index in [1.807, 2.05) is 13.8 Å². The van der Waals surface area contributed by atoms with Gasteiger partial charge in [0.1, 0.15) is 0 Å². The predicted octanol–water partition coefficient (Wildman–Crippen LogP) is 1.83. The second-order valence-electron chi connectivity index (χ2n) is 7.22. The van der Waals surface area contributed by atoms with Crippen molar-refractivity contribution in [2.75, 3.05) is 33.2 Å². The molecule has 0 spiro atoms. The molecule has 1 amide bonds. The van der Waals surface area contributed by atoms with E-state index in [9.17, 15) is 4.79 Å². The molecular formula is C18H30N4O2. The monoisotopic (exact) mass is 334 g/mol. The molecule has 0 saturated carbocycles. The van der Waals surface area contributed by atoms with Crippen molar-refractivity contribution in [3.8, 4) is 0 Å². The highest BCUT2D eigenvalue weighted by Crippen LogP contribution is 2.21. The summed E-state index contributed by atoms with van der Waals surface area (Å²) in [5.41, 5.74) is 0.687. The Labute approximate surface area is 144 Å². The first-order valence-electron chi connectivity index (χ1n) is 9.26. The van der Waals surface area contributed by atoms with Gasteiger partial charge in [0, 0.05) is 25.0 Å². The number of aryl methyl sites for hydroxylation is 2. The van der Waals surface area contributed by atoms with Crippen LogP contribution in [0.4, 0.5) is 0 Å². The number of likely N-dealkylation sites (tertiary alicyclic amines) is 2. The highest BCUT2D eigenvalue weighted by molar-refractivity contribution is 5.92. The van der Waals surface area contributed by atoms with Gasteiger partial charge in [-0.15, -0.1) is 0 Å². The number of aromatic nitrogens is 1. The molecule has 1 aromatic rings. The van der Waals surface area contributed by atoms with E-state index < -0.39 is 0 Å². The minimum Gasteiger partial charge on any atom is -0.435 e. The van der Waals surface area contributed by atoms with E-state index in [1.165, 1.54) is 25.9 Å². The molecule has 0 radical (unpaired) electrons. The van der Waals surface area contributed by atoms with E-state index in [1.54, 1.807) is 0 Å². The molecule has 3 heterocycles. The summed E-state index contributed by atoms with van der Waals surface area (Å²) in [6.07, 6.45) is 5.37. The molecule has 2 aliphatic heterocycles. The second-order valence-corrected chi connectivity index (χ2v) is 7.22. The minimum absolute atomic E-state index is 0.116. The lowest BCUT2D eigenvalue weighted by molar-refractivity contribution is 0.0748. The van der Waals surface area contributed by atoms with Crippen LogP contribution in [0.3, 0.4) is 0 Å². The molecule has 1 aromatic heterocycles. The van der Waals surface area contributed by atoms with Gasteiger partial charge >= 0.3 is 0 Å². The third kappa shape index (κ3) is 3.98. The second kappa shape index (κ2) is 7.66. The molecule has 2 aliphatic rings. The molecule has 0 aromatic carbocycles. The number of hydrogen-bond donors (Lipinski definition) is 1. The van der Waals surface area contributed by atoms with Crippen LogP contribution in [-0.2, 0) is 6.42 Å². The van der Waals surface area contributed by atoms with Crippen LogP contribution < -0.4 is 5.32 Å². The number of carbonyl (C=O) groups is 1. The maximum atomic E-state index is 12.5. The molecule has 0 bridgehead atoms. The van der Waals surface area contributed by atoms with E-state index in [2.05, 4.69) is 27.1 Å². The zero-order valence-corrected chi connectivity index (χ0v) is 15.2. The molecule has 3 rings (SSSR count). The molecule has 6 heteroatoms. The van der Waals surface area contributed by atoms with Gasteiger partial charge in [0.2, 0.25) is 5.76 Å². The summed E-state index contributed by atoms with van der Waals surface area (Å²) in [6.45, 7) is 8.28. The van der Waals surface area contributed by atoms with Crippen LogP contribution in [0.25, 0.3) is 0 Å². The molecular weight excluding hydrogens is 304 g/mol. The van der Waals surface area contributed by atoms with Crippen molar-refractivity contribution in [2.24, 2.45) is 0 Å². The van der Waals surface area contributed by atoms with Crippen molar-refractivity contribution >= 4 is 5.91 Å². The lowest BCUT2D eigenvalue weighted by Crippen LogP contribution is -2.53. The molecule has 134 valence electrons. The smallest absolute Gasteiger partial charge is 0.289 e. The molecule has 0 unspecified atom stereocenters. The normalized spacial score (nSPS) is 24.2. The first-order valence-corrected chi connectivity index (χ1v) is 9.26. The lowest BCUT2D eigenvalue weighted by atomic mass is 9.98. The first kappa shape index (κ1) is 17.4. The van der Waals surface area contributed by atoms with Gasteiger partial charge < -0.3 is 14.6 Å². The van der Waals surface area contributed by atoms with Gasteiger partial charge in [-0.1, -0.05) is 6.92 Å². The maximum absolute atomic E-state index is 12.5. The molecule has 24 heavy (non-hydrogen) atoms. The summed E-state index contributed by atoms with van der Waals surface area (Å²) in [5.74, 6) is 0.896. The van der Waals surface area contributed by atoms with Gasteiger partial charge in [-0.05, 0) is 59.3 Å². The van der Waals surface area contributed by atoms with E-state index in [4.69, 9.17) is 4.42 Å². The lowest BCUT2D eigenvalue weighted by Gasteiger charge is -2.41. The zero-order chi connectivity index (χ0) is 17.1. The van der Waals surface area contributed by atoms with Crippen LogP contribution in [0.5, 0.6) is 0 Å². The number of nitrogens with zero attached hydrogens (tertiary/aromatic N) is 3. The van der Waals surface area contributed by atoms with Gasteiger partial charge in [0.15, 0.2) is 5.89 Å². The zero-order valence-electron chi connectivity index (χ0n) is 15.2. The van der Waals surface area contributed by atoms with Crippen molar-refractivity contribution in [1.82, 2.24) is 20.1 Å². The third-order valence-electron chi connectivity index (χ3n) is 5.34. The number of amides is 1. The van der Waals surface area contributed by atoms with Crippen LogP contribution >= 0.6 is 0 Å². The summed E-state index contributed by atoms with van der Waals surface area (Å²) in [5, 5.41) is 3.17. The van der Waals surface area contributed by atoms with E-state index in [0.29, 0.717) is 29.8 Å². The van der Waals surface area contributed by atoms with Crippen LogP contribution in [-0.4, -0.2) is 66.0 Å². The van der Waals surface area contributed by atoms with Crippen molar-refractivity contribution < 1.29 is 9.21 Å². The highest BCUT2D eigenvalue weighted by Gasteiger charge is 2.29. The summed E-state index contributed by atoms with van der Waals surface area (Å²) >= 11 is 0. The Hall–Kier alpha value is -1.40. The molecule has 1 N–H and O–H groups in total. The number of oxazole rings is 1. The molecule has 6 nitrogen and oxygen atoms in total. The van der Waals surface area contributed by atoms with Crippen LogP contribution in [0, 0.1) is 6.92 Å². The van der Waals surface area contributed by atoms with E-state index in [-0.39, 0.29) is 11.9 Å². The van der Waals surface area contributed by atoms with Gasteiger partial charge in [-0.3, -0.25) is 9.69 Å². The fourth-order valence-corrected chi connectivity index (χ4v) is 3.88. The van der Waals surface area contributed by atoms with Gasteiger partial charge in [0.25, 0.3) is 5.91 Å². The Balaban J connectivity index is 1.56. The van der Waals surface area contributed by atoms with Crippen molar-refractivity contribution in [2.45, 2.75) is 58.0 Å². The largest absolute Gasteiger partial charge is 0.435 e. The number of carbonyl (C=O) groups excluding carboxylic acids is 1. The average molecular weight is 334 g/mol. The standard InChI is InChI=1S/C18H30N4O2/c1-4-16-19-13(2)17(24-16)18(23)20-14-6-5-9-22(12-14)15-7-10-21(3)11-8-15/h14-15H,4-12H2,1-3H3,(H,20,23)/t14-/m0/s1. The van der Waals surface area contributed by atoms with Crippen molar-refractivity contribution in [3.63, 3.8) is 0 Å². The molecule has 1 atom stereocenters. The van der Waals surface area contributed by atoms with Crippen molar-refractivity contribution in [3.05, 3.63) is 17.3 Å². The molecule has 2 fully saturated rings. The Morgan fingerprint density at radius 3 is 2.71 bits per heavy atom. The Kier molecular flexibility index (Phi) is 5.56. The fourth-order valence-electron chi connectivity index (χ4n) is 3.88. The SMILES string of the molecule is CCc1nc(C)c(C(=O)N[C@H]2CCCN(C3CCN(C)CC3)C2)o1. The number of rotatable bonds is 4. The van der Waals surface area contributed by atoms with Gasteiger partial charge in [0.05, 0.1) is 5.69 Å². The quantitative estimate of drug-likeness (QED) is 0.910. The summed E-state index contributed by atoms with van der Waals surface area (Å²) in [6, 6.07) is 0.875. The fraction of sp³-hybridized carbons (Fsp3) is 0.778. The Morgan fingerprint density at radius 1 is 1.29 bits per heavy atom. The maximum Gasteiger partial charge on any atom is 0.289 e. The van der Waals surface area contributed by atoms with Crippen LogP contribution in [0.15, 0.2) is 4.42 Å². The van der Waals surface area contributed by atoms with Gasteiger partial charge in [-0.25, -0.2) is 4.98 Å². The van der Waals surface area contributed by atoms with Crippen LogP contribution in [0.2, 0.25) is 0 Å². The van der Waals surface area contributed by atoms with Crippen LogP contribution in [0.1, 0.15) is 54.7 Å². The minimum atomic E-state index is -0.116.